The average Bonchev–Trinajstić information content (AvgIpc) is 3.72. The highest BCUT2D eigenvalue weighted by Crippen LogP contribution is 2.41. The maximum atomic E-state index is 13.7. The fourth-order valence-corrected chi connectivity index (χ4v) is 10.3. The summed E-state index contributed by atoms with van der Waals surface area (Å²) in [6, 6.07) is 6.79. The minimum atomic E-state index is -1.96. The maximum Gasteiger partial charge on any atom is 0.514 e. The number of benzene rings is 2. The maximum absolute atomic E-state index is 13.7. The SMILES string of the molecule is CCc1c2c(nc3ccc(OC(=O)OCc4ccc(SSC[C@H](NC(=O)[C@H](CC(=O)O)NC(=O)[C@H](CCCNC(=N)N)NC(=O)[C@@H](N)CC(=O)O)C(=O)O)cc4)cc13)-c1cc3c(c(=O)n1C2)COC(=O)[C@]3(O)CC. The Morgan fingerprint density at radius 1 is 0.905 bits per heavy atom. The highest BCUT2D eigenvalue weighted by Gasteiger charge is 2.45. The van der Waals surface area contributed by atoms with Crippen molar-refractivity contribution in [3.05, 3.63) is 86.7 Å². The first-order valence-electron chi connectivity index (χ1n) is 22.9. The van der Waals surface area contributed by atoms with Gasteiger partial charge in [0.2, 0.25) is 17.7 Å². The van der Waals surface area contributed by atoms with Crippen molar-refractivity contribution in [1.29, 1.82) is 5.41 Å². The lowest BCUT2D eigenvalue weighted by Crippen LogP contribution is -2.58. The van der Waals surface area contributed by atoms with Crippen LogP contribution in [0.4, 0.5) is 4.79 Å². The van der Waals surface area contributed by atoms with Crippen LogP contribution in [0.5, 0.6) is 5.75 Å². The molecule has 0 aliphatic carbocycles. The van der Waals surface area contributed by atoms with Gasteiger partial charge in [-0.25, -0.2) is 19.4 Å². The first-order valence-corrected chi connectivity index (χ1v) is 25.2. The number of guanidine groups is 1. The summed E-state index contributed by atoms with van der Waals surface area (Å²) in [5.41, 5.74) is 12.7. The van der Waals surface area contributed by atoms with E-state index in [-0.39, 0.29) is 79.7 Å². The van der Waals surface area contributed by atoms with E-state index in [1.54, 1.807) is 60.0 Å². The third-order valence-electron chi connectivity index (χ3n) is 12.0. The number of carbonyl (C=O) groups is 8. The topological polar surface area (TPSA) is 404 Å². The van der Waals surface area contributed by atoms with Crippen molar-refractivity contribution in [2.45, 2.75) is 107 Å². The molecule has 394 valence electrons. The molecule has 2 aromatic heterocycles. The molecule has 0 saturated carbocycles. The van der Waals surface area contributed by atoms with Crippen LogP contribution in [0.1, 0.15) is 73.8 Å². The number of rotatable bonds is 24. The van der Waals surface area contributed by atoms with Crippen LogP contribution in [0.25, 0.3) is 22.3 Å². The summed E-state index contributed by atoms with van der Waals surface area (Å²) in [6.07, 6.45) is -2.24. The number of aryl methyl sites for hydroxylation is 1. The van der Waals surface area contributed by atoms with Gasteiger partial charge in [-0.2, -0.15) is 0 Å². The number of aromatic nitrogens is 2. The van der Waals surface area contributed by atoms with Gasteiger partial charge in [0.1, 0.15) is 37.1 Å². The van der Waals surface area contributed by atoms with Gasteiger partial charge in [0.25, 0.3) is 5.56 Å². The molecule has 4 aromatic rings. The lowest BCUT2D eigenvalue weighted by atomic mass is 9.86. The molecule has 74 heavy (non-hydrogen) atoms. The number of ether oxygens (including phenoxy) is 3. The van der Waals surface area contributed by atoms with E-state index in [4.69, 9.17) is 41.2 Å². The van der Waals surface area contributed by atoms with Gasteiger partial charge in [-0.3, -0.25) is 34.2 Å². The molecular weight excluding hydrogens is 1010 g/mol. The standard InChI is InChI=1S/C47H53N9O16S2/c1-3-25-26-14-23(9-12-31(26)52-38-27(25)18-56-35(38)15-29-28(42(56)64)20-70-44(67)47(29,69)4-2)72-46(68)71-19-22-7-10-24(11-8-22)74-73-21-34(43(65)66)55-41(63)33(17-37(59)60)54-40(62)32(6-5-13-51-45(49)50)53-39(61)30(48)16-36(57)58/h7-12,14-15,30,32-34,69H,3-6,13,16-21,48H2,1-2H3,(H,53,61)(H,54,62)(H,55,63)(H,57,58)(H,59,60)(H,65,66)(H4,49,50,51)/t30-,32-,33-,34-,47-/m0/s1. The van der Waals surface area contributed by atoms with Crippen LogP contribution in [0, 0.1) is 5.41 Å². The highest BCUT2D eigenvalue weighted by molar-refractivity contribution is 8.76. The van der Waals surface area contributed by atoms with E-state index in [0.717, 1.165) is 32.7 Å². The van der Waals surface area contributed by atoms with Crippen LogP contribution in [0.2, 0.25) is 0 Å². The average molecular weight is 1060 g/mol. The summed E-state index contributed by atoms with van der Waals surface area (Å²) in [7, 11) is 2.17. The zero-order valence-corrected chi connectivity index (χ0v) is 41.4. The molecule has 0 fully saturated rings. The number of cyclic esters (lactones) is 1. The second-order valence-corrected chi connectivity index (χ2v) is 19.4. The molecule has 6 rings (SSSR count). The first kappa shape index (κ1) is 55.6. The van der Waals surface area contributed by atoms with Crippen LogP contribution in [-0.2, 0) is 74.8 Å². The smallest absolute Gasteiger partial charge is 0.481 e. The summed E-state index contributed by atoms with van der Waals surface area (Å²) < 4.78 is 17.6. The molecule has 3 amide bonds. The number of esters is 1. The normalized spacial score (nSPS) is 15.9. The zero-order valence-electron chi connectivity index (χ0n) is 39.8. The molecule has 2 aliphatic rings. The summed E-state index contributed by atoms with van der Waals surface area (Å²) in [6.45, 7) is 3.41. The van der Waals surface area contributed by atoms with Gasteiger partial charge < -0.3 is 71.9 Å². The van der Waals surface area contributed by atoms with E-state index in [9.17, 15) is 58.5 Å². The molecule has 0 saturated heterocycles. The Kier molecular flexibility index (Phi) is 18.3. The van der Waals surface area contributed by atoms with Crippen molar-refractivity contribution >= 4 is 86.2 Å². The minimum Gasteiger partial charge on any atom is -0.481 e. The van der Waals surface area contributed by atoms with Gasteiger partial charge >= 0.3 is 30.0 Å². The molecule has 0 bridgehead atoms. The fourth-order valence-electron chi connectivity index (χ4n) is 8.15. The molecule has 0 unspecified atom stereocenters. The molecule has 0 spiro atoms. The second-order valence-electron chi connectivity index (χ2n) is 17.0. The number of carbonyl (C=O) groups excluding carboxylic acids is 5. The predicted molar refractivity (Wildman–Crippen MR) is 265 cm³/mol. The van der Waals surface area contributed by atoms with Gasteiger partial charge in [-0.15, -0.1) is 0 Å². The number of aliphatic hydroxyl groups is 1. The van der Waals surface area contributed by atoms with Gasteiger partial charge in [-0.1, -0.05) is 47.6 Å². The first-order chi connectivity index (χ1) is 35.1. The third-order valence-corrected chi connectivity index (χ3v) is 14.4. The van der Waals surface area contributed by atoms with Crippen molar-refractivity contribution in [3.63, 3.8) is 0 Å². The number of hydrogen-bond donors (Lipinski definition) is 11. The second kappa shape index (κ2) is 24.3. The Hall–Kier alpha value is -7.75. The Labute approximate surface area is 428 Å². The van der Waals surface area contributed by atoms with E-state index in [1.165, 1.54) is 0 Å². The van der Waals surface area contributed by atoms with Crippen LogP contribution in [0.3, 0.4) is 0 Å². The molecule has 25 nitrogen and oxygen atoms in total. The molecule has 0 radical (unpaired) electrons. The summed E-state index contributed by atoms with van der Waals surface area (Å²) in [5, 5.41) is 56.8. The lowest BCUT2D eigenvalue weighted by Gasteiger charge is -2.31. The minimum absolute atomic E-state index is 0.0102. The lowest BCUT2D eigenvalue weighted by molar-refractivity contribution is -0.172. The van der Waals surface area contributed by atoms with Crippen LogP contribution >= 0.6 is 21.6 Å². The van der Waals surface area contributed by atoms with Crippen molar-refractivity contribution in [3.8, 4) is 17.1 Å². The van der Waals surface area contributed by atoms with Gasteiger partial charge in [0, 0.05) is 33.7 Å². The molecule has 5 atom stereocenters. The molecular formula is C47H53N9O16S2. The van der Waals surface area contributed by atoms with Crippen molar-refractivity contribution in [2.24, 2.45) is 11.5 Å². The van der Waals surface area contributed by atoms with E-state index in [0.29, 0.717) is 39.2 Å². The molecule has 2 aliphatic heterocycles. The number of nitrogens with zero attached hydrogens (tertiary/aromatic N) is 2. The van der Waals surface area contributed by atoms with E-state index in [2.05, 4.69) is 21.3 Å². The number of nitrogens with two attached hydrogens (primary N) is 2. The largest absolute Gasteiger partial charge is 0.514 e. The number of nitrogens with one attached hydrogen (secondary N) is 5. The number of carboxylic acids is 3. The fraction of sp³-hybridized carbons (Fsp3) is 0.383. The quantitative estimate of drug-likeness (QED) is 0.0103. The monoisotopic (exact) mass is 1060 g/mol. The van der Waals surface area contributed by atoms with Crippen LogP contribution < -0.4 is 43.0 Å². The number of carboxylic acid groups (broad SMARTS) is 3. The number of aliphatic carboxylic acids is 3. The third kappa shape index (κ3) is 13.3. The molecule has 2 aromatic carbocycles. The van der Waals surface area contributed by atoms with Crippen molar-refractivity contribution in [1.82, 2.24) is 30.8 Å². The predicted octanol–water partition coefficient (Wildman–Crippen LogP) is 1.18. The Bertz CT molecular complexity index is 2950. The number of fused-ring (bicyclic) bond motifs is 5. The van der Waals surface area contributed by atoms with Crippen LogP contribution in [0.15, 0.2) is 58.2 Å². The number of hydrogen-bond acceptors (Lipinski definition) is 18. The van der Waals surface area contributed by atoms with E-state index in [1.807, 2.05) is 6.92 Å². The Balaban J connectivity index is 1.02. The Morgan fingerprint density at radius 3 is 2.23 bits per heavy atom. The summed E-state index contributed by atoms with van der Waals surface area (Å²) >= 11 is 0. The molecule has 27 heteroatoms. The highest BCUT2D eigenvalue weighted by atomic mass is 33.1. The van der Waals surface area contributed by atoms with Crippen molar-refractivity contribution < 1.29 is 73.0 Å². The van der Waals surface area contributed by atoms with Gasteiger partial charge in [0.15, 0.2) is 11.6 Å². The van der Waals surface area contributed by atoms with E-state index < -0.39 is 90.4 Å². The molecule has 4 heterocycles. The summed E-state index contributed by atoms with van der Waals surface area (Å²) in [4.78, 5) is 119. The number of pyridine rings is 2. The summed E-state index contributed by atoms with van der Waals surface area (Å²) in [5.74, 6) is -8.88. The van der Waals surface area contributed by atoms with Crippen molar-refractivity contribution in [2.75, 3.05) is 12.3 Å². The Morgan fingerprint density at radius 2 is 1.58 bits per heavy atom. The molecule has 13 N–H and O–H groups in total. The van der Waals surface area contributed by atoms with Crippen LogP contribution in [-0.4, -0.2) is 120 Å². The zero-order chi connectivity index (χ0) is 54.0. The van der Waals surface area contributed by atoms with Gasteiger partial charge in [-0.05, 0) is 73.2 Å². The van der Waals surface area contributed by atoms with Gasteiger partial charge in [0.05, 0.1) is 47.9 Å². The van der Waals surface area contributed by atoms with E-state index >= 15 is 0 Å². The number of amides is 3.